The molecule has 2 rings (SSSR count). The van der Waals surface area contributed by atoms with Crippen molar-refractivity contribution < 1.29 is 9.53 Å². The molecule has 0 atom stereocenters. The molecule has 0 spiro atoms. The van der Waals surface area contributed by atoms with Crippen LogP contribution in [0.1, 0.15) is 64.2 Å². The maximum Gasteiger partial charge on any atom is 0.404 e. The molecule has 1 amide bonds. The number of rotatable bonds is 1. The number of hydrogen-bond donors (Lipinski definition) is 2. The minimum absolute atomic E-state index is 0.103. The van der Waals surface area contributed by atoms with E-state index in [0.29, 0.717) is 6.04 Å². The zero-order chi connectivity index (χ0) is 12.5. The van der Waals surface area contributed by atoms with Crippen LogP contribution in [0.5, 0.6) is 0 Å². The van der Waals surface area contributed by atoms with Gasteiger partial charge in [-0.25, -0.2) is 4.79 Å². The highest BCUT2D eigenvalue weighted by Gasteiger charge is 2.15. The van der Waals surface area contributed by atoms with Crippen LogP contribution in [0.3, 0.4) is 0 Å². The van der Waals surface area contributed by atoms with Gasteiger partial charge in [0.15, 0.2) is 0 Å². The summed E-state index contributed by atoms with van der Waals surface area (Å²) in [5, 5.41) is 0. The molecule has 0 saturated heterocycles. The molecule has 2 aliphatic carbocycles. The van der Waals surface area contributed by atoms with Gasteiger partial charge in [0.25, 0.3) is 0 Å². The molecule has 2 aliphatic rings. The first-order chi connectivity index (χ1) is 8.18. The molecule has 4 nitrogen and oxygen atoms in total. The third kappa shape index (κ3) is 7.21. The molecule has 0 aromatic rings. The van der Waals surface area contributed by atoms with Crippen molar-refractivity contribution in [2.75, 3.05) is 0 Å². The van der Waals surface area contributed by atoms with Gasteiger partial charge >= 0.3 is 6.09 Å². The van der Waals surface area contributed by atoms with Crippen molar-refractivity contribution in [1.82, 2.24) is 0 Å². The lowest BCUT2D eigenvalue weighted by Crippen LogP contribution is -2.24. The molecule has 0 bridgehead atoms. The number of amides is 1. The fourth-order valence-corrected chi connectivity index (χ4v) is 2.48. The van der Waals surface area contributed by atoms with Gasteiger partial charge in [0.1, 0.15) is 6.10 Å². The van der Waals surface area contributed by atoms with E-state index in [1.807, 2.05) is 0 Å². The second-order valence-corrected chi connectivity index (χ2v) is 5.09. The third-order valence-corrected chi connectivity index (χ3v) is 3.48. The van der Waals surface area contributed by atoms with Crippen LogP contribution >= 0.6 is 0 Å². The van der Waals surface area contributed by atoms with Crippen molar-refractivity contribution >= 4 is 6.09 Å². The van der Waals surface area contributed by atoms with Crippen molar-refractivity contribution in [1.29, 1.82) is 0 Å². The van der Waals surface area contributed by atoms with Crippen molar-refractivity contribution in [2.45, 2.75) is 76.4 Å². The molecule has 0 aromatic heterocycles. The van der Waals surface area contributed by atoms with Crippen LogP contribution in [0.4, 0.5) is 4.79 Å². The Kier molecular flexibility index (Phi) is 7.01. The first kappa shape index (κ1) is 14.3. The molecule has 2 fully saturated rings. The molecular weight excluding hydrogens is 216 g/mol. The monoisotopic (exact) mass is 242 g/mol. The van der Waals surface area contributed by atoms with Crippen molar-refractivity contribution in [2.24, 2.45) is 11.5 Å². The summed E-state index contributed by atoms with van der Waals surface area (Å²) in [6.45, 7) is 0. The van der Waals surface area contributed by atoms with Gasteiger partial charge in [-0.05, 0) is 38.5 Å². The first-order valence-corrected chi connectivity index (χ1v) is 6.90. The first-order valence-electron chi connectivity index (χ1n) is 6.90. The number of carbonyl (C=O) groups excluding carboxylic acids is 1. The van der Waals surface area contributed by atoms with Crippen LogP contribution < -0.4 is 11.5 Å². The summed E-state index contributed by atoms with van der Waals surface area (Å²) in [6, 6.07) is 0.536. The van der Waals surface area contributed by atoms with E-state index in [1.165, 1.54) is 38.5 Å². The van der Waals surface area contributed by atoms with Crippen LogP contribution in [0.15, 0.2) is 0 Å². The summed E-state index contributed by atoms with van der Waals surface area (Å²) >= 11 is 0. The van der Waals surface area contributed by atoms with Gasteiger partial charge in [0, 0.05) is 6.04 Å². The smallest absolute Gasteiger partial charge is 0.404 e. The van der Waals surface area contributed by atoms with E-state index < -0.39 is 6.09 Å². The number of nitrogens with two attached hydrogens (primary N) is 2. The van der Waals surface area contributed by atoms with E-state index in [-0.39, 0.29) is 6.10 Å². The van der Waals surface area contributed by atoms with Crippen molar-refractivity contribution in [3.05, 3.63) is 0 Å². The molecule has 4 heteroatoms. The Morgan fingerprint density at radius 1 is 0.882 bits per heavy atom. The molecule has 0 radical (unpaired) electrons. The average Bonchev–Trinajstić information content (AvgIpc) is 2.31. The lowest BCUT2D eigenvalue weighted by Gasteiger charge is -2.20. The standard InChI is InChI=1S/C7H13NO2.C6H13N/c8-7(9)10-6-4-2-1-3-5-6;7-6-4-2-1-3-5-6/h6H,1-5H2,(H2,8,9);6H,1-5,7H2. The minimum atomic E-state index is -0.632. The number of hydrogen-bond acceptors (Lipinski definition) is 3. The molecule has 100 valence electrons. The Balaban J connectivity index is 0.000000181. The summed E-state index contributed by atoms with van der Waals surface area (Å²) in [5.74, 6) is 0. The van der Waals surface area contributed by atoms with Gasteiger partial charge in [-0.3, -0.25) is 0 Å². The Bertz CT molecular complexity index is 209. The van der Waals surface area contributed by atoms with Gasteiger partial charge in [0.05, 0.1) is 0 Å². The van der Waals surface area contributed by atoms with E-state index >= 15 is 0 Å². The van der Waals surface area contributed by atoms with Gasteiger partial charge in [-0.2, -0.15) is 0 Å². The highest BCUT2D eigenvalue weighted by atomic mass is 16.6. The van der Waals surface area contributed by atoms with E-state index in [9.17, 15) is 4.79 Å². The van der Waals surface area contributed by atoms with Gasteiger partial charge in [-0.15, -0.1) is 0 Å². The fraction of sp³-hybridized carbons (Fsp3) is 0.923. The zero-order valence-corrected chi connectivity index (χ0v) is 10.7. The Morgan fingerprint density at radius 3 is 1.71 bits per heavy atom. The predicted octanol–water partition coefficient (Wildman–Crippen LogP) is 2.69. The van der Waals surface area contributed by atoms with E-state index in [4.69, 9.17) is 16.2 Å². The van der Waals surface area contributed by atoms with Crippen LogP contribution in [-0.2, 0) is 4.74 Å². The second-order valence-electron chi connectivity index (χ2n) is 5.09. The SMILES string of the molecule is NC(=O)OC1CCCCC1.NC1CCCCC1. The zero-order valence-electron chi connectivity index (χ0n) is 10.7. The van der Waals surface area contributed by atoms with Gasteiger partial charge in [-0.1, -0.05) is 25.7 Å². The summed E-state index contributed by atoms with van der Waals surface area (Å²) in [6.07, 6.45) is 11.7. The van der Waals surface area contributed by atoms with E-state index in [1.54, 1.807) is 0 Å². The molecule has 0 unspecified atom stereocenters. The molecule has 2 saturated carbocycles. The highest BCUT2D eigenvalue weighted by molar-refractivity contribution is 5.64. The Labute approximate surface area is 104 Å². The van der Waals surface area contributed by atoms with Crippen molar-refractivity contribution in [3.63, 3.8) is 0 Å². The number of ether oxygens (including phenoxy) is 1. The van der Waals surface area contributed by atoms with Crippen LogP contribution in [0.25, 0.3) is 0 Å². The molecular formula is C13H26N2O2. The summed E-state index contributed by atoms with van der Waals surface area (Å²) in [5.41, 5.74) is 10.5. The number of primary amides is 1. The van der Waals surface area contributed by atoms with Crippen LogP contribution in [-0.4, -0.2) is 18.2 Å². The van der Waals surface area contributed by atoms with Crippen LogP contribution in [0, 0.1) is 0 Å². The summed E-state index contributed by atoms with van der Waals surface area (Å²) in [4.78, 5) is 10.3. The largest absolute Gasteiger partial charge is 0.446 e. The van der Waals surface area contributed by atoms with Crippen LogP contribution in [0.2, 0.25) is 0 Å². The normalized spacial score (nSPS) is 22.4. The maximum absolute atomic E-state index is 10.3. The molecule has 17 heavy (non-hydrogen) atoms. The Hall–Kier alpha value is -0.770. The fourth-order valence-electron chi connectivity index (χ4n) is 2.48. The molecule has 0 aromatic carbocycles. The number of carbonyl (C=O) groups is 1. The maximum atomic E-state index is 10.3. The highest BCUT2D eigenvalue weighted by Crippen LogP contribution is 2.19. The minimum Gasteiger partial charge on any atom is -0.446 e. The summed E-state index contributed by atoms with van der Waals surface area (Å²) < 4.78 is 4.83. The average molecular weight is 242 g/mol. The predicted molar refractivity (Wildman–Crippen MR) is 68.6 cm³/mol. The molecule has 0 aliphatic heterocycles. The summed E-state index contributed by atoms with van der Waals surface area (Å²) in [7, 11) is 0. The lowest BCUT2D eigenvalue weighted by molar-refractivity contribution is 0.0829. The van der Waals surface area contributed by atoms with E-state index in [2.05, 4.69) is 0 Å². The lowest BCUT2D eigenvalue weighted by atomic mass is 9.97. The van der Waals surface area contributed by atoms with Crippen molar-refractivity contribution in [3.8, 4) is 0 Å². The van der Waals surface area contributed by atoms with Gasteiger partial charge < -0.3 is 16.2 Å². The molecule has 0 heterocycles. The van der Waals surface area contributed by atoms with E-state index in [0.717, 1.165) is 25.7 Å². The third-order valence-electron chi connectivity index (χ3n) is 3.48. The quantitative estimate of drug-likeness (QED) is 0.742. The van der Waals surface area contributed by atoms with Gasteiger partial charge in [0.2, 0.25) is 0 Å². The Morgan fingerprint density at radius 2 is 1.35 bits per heavy atom. The second kappa shape index (κ2) is 8.34. The molecule has 4 N–H and O–H groups in total. The topological polar surface area (TPSA) is 78.3 Å².